The van der Waals surface area contributed by atoms with Crippen molar-refractivity contribution >= 4 is 5.97 Å². The number of alkyl halides is 5. The number of carboxylic acids is 1. The molecule has 2 saturated heterocycles. The molecule has 10 heteroatoms. The minimum Gasteiger partial charge on any atom is -0.480 e. The molecule has 2 aromatic carbocycles. The minimum absolute atomic E-state index is 0.149. The van der Waals surface area contributed by atoms with Crippen molar-refractivity contribution in [2.24, 2.45) is 17.3 Å². The fourth-order valence-corrected chi connectivity index (χ4v) is 6.96. The van der Waals surface area contributed by atoms with Crippen LogP contribution in [-0.4, -0.2) is 71.9 Å². The Bertz CT molecular complexity index is 1220. The van der Waals surface area contributed by atoms with Crippen molar-refractivity contribution in [1.29, 1.82) is 0 Å². The van der Waals surface area contributed by atoms with Crippen LogP contribution in [0.25, 0.3) is 0 Å². The van der Waals surface area contributed by atoms with Crippen LogP contribution >= 0.6 is 0 Å². The van der Waals surface area contributed by atoms with Crippen molar-refractivity contribution in [2.75, 3.05) is 32.7 Å². The van der Waals surface area contributed by atoms with Crippen molar-refractivity contribution in [3.63, 3.8) is 0 Å². The summed E-state index contributed by atoms with van der Waals surface area (Å²) in [7, 11) is 0. The van der Waals surface area contributed by atoms with E-state index < -0.39 is 41.9 Å². The molecule has 0 unspecified atom stereocenters. The Kier molecular flexibility index (Phi) is 10.1. The van der Waals surface area contributed by atoms with Crippen molar-refractivity contribution in [1.82, 2.24) is 9.80 Å². The first-order valence-corrected chi connectivity index (χ1v) is 15.0. The third-order valence-corrected chi connectivity index (χ3v) is 8.77. The standard InChI is InChI=1S/C33H43F5N2O3/c1-22-6-5-7-25(16-22)28-21-40(29(30(41)42)31(2,3)4)20-26(28)19-39-14-12-24(13-15-39)18-32(34,35)17-23-8-10-27(11-9-23)43-33(36,37)38/h5-11,16,24,26,28-29H,12-15,17-21H2,1-4H3,(H,41,42)/t26-,28+,29-/m0/s1. The highest BCUT2D eigenvalue weighted by atomic mass is 19.4. The third-order valence-electron chi connectivity index (χ3n) is 8.77. The molecule has 0 bridgehead atoms. The molecular weight excluding hydrogens is 567 g/mol. The SMILES string of the molecule is Cc1cccc([C@H]2CN([C@@H](C(=O)O)C(C)(C)C)C[C@@H]2CN2CCC(CC(F)(F)Cc3ccc(OC(F)(F)F)cc3)CC2)c1. The summed E-state index contributed by atoms with van der Waals surface area (Å²) in [5.41, 5.74) is 2.20. The topological polar surface area (TPSA) is 53.0 Å². The van der Waals surface area contributed by atoms with Crippen LogP contribution in [0.1, 0.15) is 62.6 Å². The number of aliphatic carboxylic acids is 1. The summed E-state index contributed by atoms with van der Waals surface area (Å²) in [6.07, 6.45) is -4.35. The third kappa shape index (κ3) is 9.38. The predicted molar refractivity (Wildman–Crippen MR) is 155 cm³/mol. The number of piperidine rings is 1. The molecule has 0 aromatic heterocycles. The number of nitrogens with zero attached hydrogens (tertiary/aromatic N) is 2. The van der Waals surface area contributed by atoms with Crippen LogP contribution in [0.15, 0.2) is 48.5 Å². The largest absolute Gasteiger partial charge is 0.573 e. The van der Waals surface area contributed by atoms with Gasteiger partial charge in [-0.2, -0.15) is 0 Å². The summed E-state index contributed by atoms with van der Waals surface area (Å²) in [6.45, 7) is 11.4. The maximum absolute atomic E-state index is 15.0. The molecule has 0 radical (unpaired) electrons. The van der Waals surface area contributed by atoms with E-state index in [1.54, 1.807) is 0 Å². The Hall–Kier alpha value is -2.72. The van der Waals surface area contributed by atoms with Gasteiger partial charge in [-0.25, -0.2) is 8.78 Å². The fraction of sp³-hybridized carbons (Fsp3) is 0.606. The lowest BCUT2D eigenvalue weighted by atomic mass is 9.85. The number of hydrogen-bond donors (Lipinski definition) is 1. The monoisotopic (exact) mass is 610 g/mol. The van der Waals surface area contributed by atoms with E-state index in [9.17, 15) is 31.9 Å². The Morgan fingerprint density at radius 2 is 1.65 bits per heavy atom. The van der Waals surface area contributed by atoms with Crippen LogP contribution in [0.4, 0.5) is 22.0 Å². The van der Waals surface area contributed by atoms with Gasteiger partial charge in [-0.1, -0.05) is 62.7 Å². The maximum Gasteiger partial charge on any atom is 0.573 e. The van der Waals surface area contributed by atoms with Gasteiger partial charge in [-0.3, -0.25) is 9.69 Å². The van der Waals surface area contributed by atoms with Gasteiger partial charge < -0.3 is 14.7 Å². The van der Waals surface area contributed by atoms with E-state index in [-0.39, 0.29) is 29.7 Å². The van der Waals surface area contributed by atoms with E-state index in [2.05, 4.69) is 39.7 Å². The second-order valence-electron chi connectivity index (χ2n) is 13.5. The summed E-state index contributed by atoms with van der Waals surface area (Å²) in [5.74, 6) is -3.97. The average molecular weight is 611 g/mol. The van der Waals surface area contributed by atoms with E-state index in [0.717, 1.165) is 24.2 Å². The zero-order chi connectivity index (χ0) is 31.6. The Balaban J connectivity index is 1.35. The van der Waals surface area contributed by atoms with Crippen LogP contribution in [0, 0.1) is 24.2 Å². The van der Waals surface area contributed by atoms with Crippen LogP contribution in [0.3, 0.4) is 0 Å². The molecular formula is C33H43F5N2O3. The number of hydrogen-bond acceptors (Lipinski definition) is 4. The molecule has 2 fully saturated rings. The smallest absolute Gasteiger partial charge is 0.480 e. The van der Waals surface area contributed by atoms with E-state index in [1.165, 1.54) is 17.7 Å². The van der Waals surface area contributed by atoms with Gasteiger partial charge >= 0.3 is 12.3 Å². The molecule has 43 heavy (non-hydrogen) atoms. The highest BCUT2D eigenvalue weighted by molar-refractivity contribution is 5.74. The molecule has 238 valence electrons. The molecule has 1 N–H and O–H groups in total. The van der Waals surface area contributed by atoms with Crippen molar-refractivity contribution in [3.8, 4) is 5.75 Å². The molecule has 0 spiro atoms. The first kappa shape index (κ1) is 33.2. The van der Waals surface area contributed by atoms with Gasteiger partial charge in [0.15, 0.2) is 0 Å². The fourth-order valence-electron chi connectivity index (χ4n) is 6.96. The molecule has 3 atom stereocenters. The van der Waals surface area contributed by atoms with Gasteiger partial charge in [0.1, 0.15) is 11.8 Å². The van der Waals surface area contributed by atoms with Crippen molar-refractivity contribution in [3.05, 3.63) is 65.2 Å². The van der Waals surface area contributed by atoms with E-state index >= 15 is 0 Å². The van der Waals surface area contributed by atoms with Gasteiger partial charge in [0.05, 0.1) is 0 Å². The number of likely N-dealkylation sites (tertiary alicyclic amines) is 2. The Labute approximate surface area is 251 Å². The zero-order valence-corrected chi connectivity index (χ0v) is 25.3. The number of carbonyl (C=O) groups is 1. The lowest BCUT2D eigenvalue weighted by Gasteiger charge is -2.36. The van der Waals surface area contributed by atoms with Gasteiger partial charge in [0.2, 0.25) is 0 Å². The van der Waals surface area contributed by atoms with E-state index in [1.807, 2.05) is 26.8 Å². The Morgan fingerprint density at radius 3 is 2.21 bits per heavy atom. The summed E-state index contributed by atoms with van der Waals surface area (Å²) >= 11 is 0. The molecule has 0 aliphatic carbocycles. The summed E-state index contributed by atoms with van der Waals surface area (Å²) in [4.78, 5) is 16.7. The number of ether oxygens (including phenoxy) is 1. The second kappa shape index (κ2) is 13.1. The maximum atomic E-state index is 15.0. The molecule has 2 aliphatic heterocycles. The van der Waals surface area contributed by atoms with Gasteiger partial charge in [0, 0.05) is 38.4 Å². The minimum atomic E-state index is -4.83. The van der Waals surface area contributed by atoms with Crippen LogP contribution in [0.2, 0.25) is 0 Å². The first-order chi connectivity index (χ1) is 20.0. The first-order valence-electron chi connectivity index (χ1n) is 15.0. The molecule has 2 aromatic rings. The summed E-state index contributed by atoms with van der Waals surface area (Å²) < 4.78 is 70.9. The van der Waals surface area contributed by atoms with E-state index in [0.29, 0.717) is 39.0 Å². The molecule has 4 rings (SSSR count). The molecule has 0 saturated carbocycles. The van der Waals surface area contributed by atoms with Crippen LogP contribution in [-0.2, 0) is 11.2 Å². The highest BCUT2D eigenvalue weighted by Gasteiger charge is 2.45. The van der Waals surface area contributed by atoms with Crippen LogP contribution < -0.4 is 4.74 Å². The molecule has 5 nitrogen and oxygen atoms in total. The normalized spacial score (nSPS) is 22.1. The quantitative estimate of drug-likeness (QED) is 0.285. The molecule has 2 heterocycles. The number of carboxylic acid groups (broad SMARTS) is 1. The van der Waals surface area contributed by atoms with E-state index in [4.69, 9.17) is 0 Å². The number of rotatable bonds is 10. The second-order valence-corrected chi connectivity index (χ2v) is 13.5. The van der Waals surface area contributed by atoms with Gasteiger partial charge in [-0.15, -0.1) is 13.2 Å². The average Bonchev–Trinajstić information content (AvgIpc) is 3.26. The lowest BCUT2D eigenvalue weighted by Crippen LogP contribution is -2.48. The lowest BCUT2D eigenvalue weighted by molar-refractivity contribution is -0.274. The summed E-state index contributed by atoms with van der Waals surface area (Å²) in [5, 5.41) is 10.1. The predicted octanol–water partition coefficient (Wildman–Crippen LogP) is 7.39. The van der Waals surface area contributed by atoms with Crippen molar-refractivity contribution in [2.45, 2.75) is 77.6 Å². The highest BCUT2D eigenvalue weighted by Crippen LogP contribution is 2.39. The Morgan fingerprint density at radius 1 is 1.00 bits per heavy atom. The van der Waals surface area contributed by atoms with Crippen molar-refractivity contribution < 1.29 is 36.6 Å². The van der Waals surface area contributed by atoms with Gasteiger partial charge in [0.25, 0.3) is 5.92 Å². The number of halogens is 5. The zero-order valence-electron chi connectivity index (χ0n) is 25.3. The van der Waals surface area contributed by atoms with Crippen LogP contribution in [0.5, 0.6) is 5.75 Å². The number of benzene rings is 2. The summed E-state index contributed by atoms with van der Waals surface area (Å²) in [6, 6.07) is 12.4. The molecule has 2 aliphatic rings. The molecule has 0 amide bonds. The van der Waals surface area contributed by atoms with Gasteiger partial charge in [-0.05, 0) is 73.4 Å². The number of aryl methyl sites for hydroxylation is 1.